The minimum atomic E-state index is 0.0354. The molecule has 0 saturated carbocycles. The van der Waals surface area contributed by atoms with E-state index in [0.717, 1.165) is 29.0 Å². The quantitative estimate of drug-likeness (QED) is 0.431. The van der Waals surface area contributed by atoms with Crippen molar-refractivity contribution in [1.82, 2.24) is 4.72 Å². The minimum absolute atomic E-state index is 0.0354. The zero-order chi connectivity index (χ0) is 16.4. The molecular weight excluding hydrogens is 318 g/mol. The number of ketones is 1. The fraction of sp³-hybridized carbons (Fsp3) is 0.0500. The lowest BCUT2D eigenvalue weighted by atomic mass is 9.97. The van der Waals surface area contributed by atoms with E-state index >= 15 is 0 Å². The summed E-state index contributed by atoms with van der Waals surface area (Å²) in [7, 11) is 0. The zero-order valence-corrected chi connectivity index (χ0v) is 13.7. The van der Waals surface area contributed by atoms with Crippen LogP contribution < -0.4 is 8.91 Å². The zero-order valence-electron chi connectivity index (χ0n) is 12.9. The maximum atomic E-state index is 12.5. The van der Waals surface area contributed by atoms with Crippen molar-refractivity contribution < 1.29 is 8.98 Å². The van der Waals surface area contributed by atoms with Crippen LogP contribution in [0.4, 0.5) is 0 Å². The Morgan fingerprint density at radius 2 is 1.62 bits per heavy atom. The first-order chi connectivity index (χ1) is 11.8. The predicted octanol–water partition coefficient (Wildman–Crippen LogP) is 4.63. The van der Waals surface area contributed by atoms with Gasteiger partial charge in [-0.1, -0.05) is 72.8 Å². The molecule has 3 nitrogen and oxygen atoms in total. The van der Waals surface area contributed by atoms with Gasteiger partial charge in [0.1, 0.15) is 12.2 Å². The van der Waals surface area contributed by atoms with Crippen LogP contribution in [0, 0.1) is 0 Å². The van der Waals surface area contributed by atoms with Crippen molar-refractivity contribution in [3.05, 3.63) is 89.5 Å². The van der Waals surface area contributed by atoms with Gasteiger partial charge < -0.3 is 4.18 Å². The normalized spacial score (nSPS) is 13.0. The summed E-state index contributed by atoms with van der Waals surface area (Å²) in [5.41, 5.74) is 4.61. The van der Waals surface area contributed by atoms with Crippen LogP contribution in [0.2, 0.25) is 0 Å². The van der Waals surface area contributed by atoms with Crippen molar-refractivity contribution in [2.24, 2.45) is 0 Å². The first-order valence-electron chi connectivity index (χ1n) is 7.71. The summed E-state index contributed by atoms with van der Waals surface area (Å²) < 4.78 is 8.81. The highest BCUT2D eigenvalue weighted by Crippen LogP contribution is 2.37. The summed E-state index contributed by atoms with van der Waals surface area (Å²) in [5.74, 6) is 0.927. The summed E-state index contributed by atoms with van der Waals surface area (Å²) in [4.78, 5) is 12.5. The molecule has 0 unspecified atom stereocenters. The SMILES string of the molecule is O=C(c1ccccc1)c1ccc(-c2cccc3c2OSNC3)cc1. The molecule has 1 heterocycles. The highest BCUT2D eigenvalue weighted by molar-refractivity contribution is 7.93. The first kappa shape index (κ1) is 15.0. The molecule has 0 aromatic heterocycles. The van der Waals surface area contributed by atoms with Gasteiger partial charge in [0, 0.05) is 28.8 Å². The highest BCUT2D eigenvalue weighted by Gasteiger charge is 2.16. The van der Waals surface area contributed by atoms with Crippen LogP contribution in [0.3, 0.4) is 0 Å². The summed E-state index contributed by atoms with van der Waals surface area (Å²) in [6.45, 7) is 0.776. The Morgan fingerprint density at radius 3 is 2.42 bits per heavy atom. The van der Waals surface area contributed by atoms with Gasteiger partial charge in [-0.15, -0.1) is 0 Å². The largest absolute Gasteiger partial charge is 0.409 e. The van der Waals surface area contributed by atoms with Gasteiger partial charge in [-0.25, -0.2) is 4.72 Å². The van der Waals surface area contributed by atoms with Gasteiger partial charge >= 0.3 is 0 Å². The average Bonchev–Trinajstić information content (AvgIpc) is 2.68. The van der Waals surface area contributed by atoms with Gasteiger partial charge in [0.15, 0.2) is 11.5 Å². The molecule has 3 aromatic carbocycles. The van der Waals surface area contributed by atoms with Crippen molar-refractivity contribution in [1.29, 1.82) is 0 Å². The Bertz CT molecular complexity index is 876. The summed E-state index contributed by atoms with van der Waals surface area (Å²) in [6, 6.07) is 23.1. The number of carbonyl (C=O) groups excluding carboxylic acids is 1. The predicted molar refractivity (Wildman–Crippen MR) is 96.8 cm³/mol. The fourth-order valence-corrected chi connectivity index (χ4v) is 3.34. The molecule has 0 spiro atoms. The Balaban J connectivity index is 1.67. The second-order valence-corrected chi connectivity index (χ2v) is 6.18. The van der Waals surface area contributed by atoms with Gasteiger partial charge in [-0.2, -0.15) is 0 Å². The molecule has 3 aromatic rings. The van der Waals surface area contributed by atoms with Crippen LogP contribution >= 0.6 is 12.2 Å². The molecule has 0 bridgehead atoms. The van der Waals surface area contributed by atoms with E-state index in [1.807, 2.05) is 66.7 Å². The highest BCUT2D eigenvalue weighted by atomic mass is 32.2. The molecule has 1 N–H and O–H groups in total. The fourth-order valence-electron chi connectivity index (χ4n) is 2.79. The number of hydrogen-bond acceptors (Lipinski definition) is 4. The van der Waals surface area contributed by atoms with Crippen molar-refractivity contribution in [3.8, 4) is 16.9 Å². The van der Waals surface area contributed by atoms with Crippen LogP contribution in [-0.4, -0.2) is 5.78 Å². The van der Waals surface area contributed by atoms with E-state index in [1.165, 1.54) is 12.2 Å². The molecule has 1 aliphatic rings. The van der Waals surface area contributed by atoms with Crippen LogP contribution in [0.25, 0.3) is 11.1 Å². The van der Waals surface area contributed by atoms with E-state index < -0.39 is 0 Å². The van der Waals surface area contributed by atoms with Crippen molar-refractivity contribution >= 4 is 18.0 Å². The maximum Gasteiger partial charge on any atom is 0.193 e. The third-order valence-corrected chi connectivity index (χ3v) is 4.55. The Hall–Kier alpha value is -2.56. The summed E-state index contributed by atoms with van der Waals surface area (Å²) in [5, 5.41) is 0. The number of hydrogen-bond donors (Lipinski definition) is 1. The molecule has 0 saturated heterocycles. The van der Waals surface area contributed by atoms with Gasteiger partial charge in [0.25, 0.3) is 0 Å². The average molecular weight is 333 g/mol. The Morgan fingerprint density at radius 1 is 0.875 bits per heavy atom. The molecule has 0 amide bonds. The van der Waals surface area contributed by atoms with Crippen molar-refractivity contribution in [2.75, 3.05) is 0 Å². The second kappa shape index (κ2) is 6.51. The summed E-state index contributed by atoms with van der Waals surface area (Å²) in [6.07, 6.45) is 0. The number of carbonyl (C=O) groups is 1. The van der Waals surface area contributed by atoms with Crippen LogP contribution in [0.1, 0.15) is 21.5 Å². The smallest absolute Gasteiger partial charge is 0.193 e. The number of rotatable bonds is 3. The molecule has 4 heteroatoms. The molecule has 1 aliphatic heterocycles. The van der Waals surface area contributed by atoms with Crippen molar-refractivity contribution in [3.63, 3.8) is 0 Å². The topological polar surface area (TPSA) is 38.3 Å². The molecule has 118 valence electrons. The standard InChI is InChI=1S/C20H15NO2S/c22-19(15-5-2-1-3-6-15)16-11-9-14(10-12-16)18-8-4-7-17-13-21-24-23-20(17)18/h1-12,21H,13H2. The monoisotopic (exact) mass is 333 g/mol. The second-order valence-electron chi connectivity index (χ2n) is 5.55. The molecule has 24 heavy (non-hydrogen) atoms. The number of para-hydroxylation sites is 1. The Kier molecular flexibility index (Phi) is 4.07. The van der Waals surface area contributed by atoms with E-state index in [-0.39, 0.29) is 5.78 Å². The summed E-state index contributed by atoms with van der Waals surface area (Å²) >= 11 is 1.25. The molecule has 4 rings (SSSR count). The maximum absolute atomic E-state index is 12.5. The van der Waals surface area contributed by atoms with Gasteiger partial charge in [0.2, 0.25) is 0 Å². The van der Waals surface area contributed by atoms with Crippen molar-refractivity contribution in [2.45, 2.75) is 6.54 Å². The van der Waals surface area contributed by atoms with Crippen LogP contribution in [-0.2, 0) is 6.54 Å². The van der Waals surface area contributed by atoms with E-state index in [4.69, 9.17) is 4.18 Å². The third kappa shape index (κ3) is 2.82. The molecule has 0 atom stereocenters. The van der Waals surface area contributed by atoms with Gasteiger partial charge in [-0.3, -0.25) is 4.79 Å². The van der Waals surface area contributed by atoms with E-state index in [0.29, 0.717) is 11.1 Å². The lowest BCUT2D eigenvalue weighted by Gasteiger charge is -2.19. The molecular formula is C20H15NO2S. The first-order valence-corrected chi connectivity index (χ1v) is 8.45. The molecule has 0 fully saturated rings. The lowest BCUT2D eigenvalue weighted by Crippen LogP contribution is -2.12. The van der Waals surface area contributed by atoms with Crippen LogP contribution in [0.5, 0.6) is 5.75 Å². The lowest BCUT2D eigenvalue weighted by molar-refractivity contribution is 0.103. The van der Waals surface area contributed by atoms with E-state index in [2.05, 4.69) is 10.8 Å². The Labute approximate surface area is 145 Å². The van der Waals surface area contributed by atoms with Gasteiger partial charge in [0.05, 0.1) is 0 Å². The van der Waals surface area contributed by atoms with Gasteiger partial charge in [-0.05, 0) is 5.56 Å². The van der Waals surface area contributed by atoms with E-state index in [9.17, 15) is 4.79 Å². The molecule has 0 radical (unpaired) electrons. The number of fused-ring (bicyclic) bond motifs is 1. The number of nitrogens with one attached hydrogen (secondary N) is 1. The van der Waals surface area contributed by atoms with Crippen LogP contribution in [0.15, 0.2) is 72.8 Å². The van der Waals surface area contributed by atoms with E-state index in [1.54, 1.807) is 0 Å². The molecule has 0 aliphatic carbocycles. The minimum Gasteiger partial charge on any atom is -0.409 e. The third-order valence-electron chi connectivity index (χ3n) is 4.04. The number of benzene rings is 3.